The van der Waals surface area contributed by atoms with Crippen LogP contribution in [0.5, 0.6) is 0 Å². The van der Waals surface area contributed by atoms with Gasteiger partial charge in [0.15, 0.2) is 0 Å². The molecule has 0 fully saturated rings. The number of thiophene rings is 1. The molecule has 1 aromatic rings. The van der Waals surface area contributed by atoms with Crippen LogP contribution in [-0.4, -0.2) is 29.8 Å². The van der Waals surface area contributed by atoms with Crippen LogP contribution in [0.1, 0.15) is 31.1 Å². The van der Waals surface area contributed by atoms with Gasteiger partial charge in [-0.2, -0.15) is 0 Å². The zero-order valence-electron chi connectivity index (χ0n) is 10.3. The van der Waals surface area contributed by atoms with Crippen LogP contribution in [-0.2, 0) is 11.2 Å². The largest absolute Gasteiger partial charge is 0.343 e. The summed E-state index contributed by atoms with van der Waals surface area (Å²) < 4.78 is 0. The summed E-state index contributed by atoms with van der Waals surface area (Å²) in [5.41, 5.74) is 0. The molecular formula is C13H20ClNOS. The molecule has 0 atom stereocenters. The van der Waals surface area contributed by atoms with Crippen molar-refractivity contribution in [2.24, 2.45) is 0 Å². The summed E-state index contributed by atoms with van der Waals surface area (Å²) in [5, 5.41) is 2.08. The monoisotopic (exact) mass is 273 g/mol. The second-order valence-electron chi connectivity index (χ2n) is 3.95. The first-order valence-corrected chi connectivity index (χ1v) is 7.55. The van der Waals surface area contributed by atoms with Gasteiger partial charge in [-0.1, -0.05) is 6.07 Å². The number of carbonyl (C=O) groups excluding carboxylic acids is 1. The number of amides is 1. The third-order valence-electron chi connectivity index (χ3n) is 2.69. The van der Waals surface area contributed by atoms with Crippen LogP contribution in [0.3, 0.4) is 0 Å². The average molecular weight is 274 g/mol. The Morgan fingerprint density at radius 1 is 1.47 bits per heavy atom. The SMILES string of the molecule is CCN(CCCCl)C(=O)CCCc1cccs1. The molecule has 0 aliphatic rings. The molecule has 1 amide bonds. The van der Waals surface area contributed by atoms with E-state index in [1.165, 1.54) is 4.88 Å². The van der Waals surface area contributed by atoms with Crippen molar-refractivity contribution >= 4 is 28.8 Å². The highest BCUT2D eigenvalue weighted by Crippen LogP contribution is 2.12. The molecule has 1 heterocycles. The van der Waals surface area contributed by atoms with Gasteiger partial charge in [0.1, 0.15) is 0 Å². The molecule has 0 saturated heterocycles. The molecule has 2 nitrogen and oxygen atoms in total. The molecule has 0 saturated carbocycles. The van der Waals surface area contributed by atoms with E-state index in [0.717, 1.165) is 32.4 Å². The first-order valence-electron chi connectivity index (χ1n) is 6.14. The van der Waals surface area contributed by atoms with E-state index >= 15 is 0 Å². The molecule has 96 valence electrons. The van der Waals surface area contributed by atoms with E-state index < -0.39 is 0 Å². The number of halogens is 1. The Labute approximate surface area is 113 Å². The van der Waals surface area contributed by atoms with Gasteiger partial charge in [0.05, 0.1) is 0 Å². The van der Waals surface area contributed by atoms with Crippen LogP contribution in [0.25, 0.3) is 0 Å². The summed E-state index contributed by atoms with van der Waals surface area (Å²) in [6.45, 7) is 3.60. The number of hydrogen-bond donors (Lipinski definition) is 0. The normalized spacial score (nSPS) is 10.5. The first kappa shape index (κ1) is 14.5. The molecule has 0 radical (unpaired) electrons. The molecule has 1 rings (SSSR count). The van der Waals surface area contributed by atoms with Gasteiger partial charge in [0.2, 0.25) is 5.91 Å². The maximum atomic E-state index is 11.9. The van der Waals surface area contributed by atoms with Crippen LogP contribution in [0.4, 0.5) is 0 Å². The van der Waals surface area contributed by atoms with Crippen molar-refractivity contribution in [2.75, 3.05) is 19.0 Å². The fourth-order valence-electron chi connectivity index (χ4n) is 1.74. The summed E-state index contributed by atoms with van der Waals surface area (Å²) >= 11 is 7.40. The van der Waals surface area contributed by atoms with Gasteiger partial charge >= 0.3 is 0 Å². The Morgan fingerprint density at radius 3 is 2.88 bits per heavy atom. The molecule has 0 bridgehead atoms. The maximum Gasteiger partial charge on any atom is 0.222 e. The Kier molecular flexibility index (Phi) is 7.29. The smallest absolute Gasteiger partial charge is 0.222 e. The highest BCUT2D eigenvalue weighted by molar-refractivity contribution is 7.09. The van der Waals surface area contributed by atoms with E-state index in [1.54, 1.807) is 11.3 Å². The van der Waals surface area contributed by atoms with E-state index in [0.29, 0.717) is 12.3 Å². The number of rotatable bonds is 8. The minimum Gasteiger partial charge on any atom is -0.343 e. The molecule has 1 aromatic heterocycles. The Balaban J connectivity index is 2.22. The van der Waals surface area contributed by atoms with E-state index in [4.69, 9.17) is 11.6 Å². The molecular weight excluding hydrogens is 254 g/mol. The lowest BCUT2D eigenvalue weighted by atomic mass is 10.2. The quantitative estimate of drug-likeness (QED) is 0.664. The standard InChI is InChI=1S/C13H20ClNOS/c1-2-15(10-5-9-14)13(16)8-3-6-12-7-4-11-17-12/h4,7,11H,2-3,5-6,8-10H2,1H3. The molecule has 4 heteroatoms. The summed E-state index contributed by atoms with van der Waals surface area (Å²) in [5.74, 6) is 0.882. The fourth-order valence-corrected chi connectivity index (χ4v) is 2.61. The topological polar surface area (TPSA) is 20.3 Å². The summed E-state index contributed by atoms with van der Waals surface area (Å²) in [6.07, 6.45) is 3.48. The second kappa shape index (κ2) is 8.54. The predicted molar refractivity (Wildman–Crippen MR) is 74.8 cm³/mol. The van der Waals surface area contributed by atoms with Crippen LogP contribution >= 0.6 is 22.9 Å². The van der Waals surface area contributed by atoms with Crippen molar-refractivity contribution in [1.82, 2.24) is 4.90 Å². The van der Waals surface area contributed by atoms with Crippen molar-refractivity contribution in [2.45, 2.75) is 32.6 Å². The van der Waals surface area contributed by atoms with Crippen molar-refractivity contribution in [3.05, 3.63) is 22.4 Å². The van der Waals surface area contributed by atoms with E-state index in [1.807, 2.05) is 11.8 Å². The fraction of sp³-hybridized carbons (Fsp3) is 0.615. The zero-order valence-corrected chi connectivity index (χ0v) is 11.9. The number of alkyl halides is 1. The zero-order chi connectivity index (χ0) is 12.5. The summed E-state index contributed by atoms with van der Waals surface area (Å²) in [6, 6.07) is 4.18. The van der Waals surface area contributed by atoms with Gasteiger partial charge in [0.25, 0.3) is 0 Å². The third kappa shape index (κ3) is 5.55. The van der Waals surface area contributed by atoms with Crippen LogP contribution in [0, 0.1) is 0 Å². The minimum absolute atomic E-state index is 0.258. The van der Waals surface area contributed by atoms with Gasteiger partial charge in [-0.25, -0.2) is 0 Å². The molecule has 0 N–H and O–H groups in total. The predicted octanol–water partition coefficient (Wildman–Crippen LogP) is 3.55. The lowest BCUT2D eigenvalue weighted by Gasteiger charge is -2.20. The number of aryl methyl sites for hydroxylation is 1. The minimum atomic E-state index is 0.258. The molecule has 0 spiro atoms. The highest BCUT2D eigenvalue weighted by atomic mass is 35.5. The van der Waals surface area contributed by atoms with E-state index in [-0.39, 0.29) is 5.91 Å². The van der Waals surface area contributed by atoms with Crippen molar-refractivity contribution in [3.63, 3.8) is 0 Å². The molecule has 0 aromatic carbocycles. The van der Waals surface area contributed by atoms with Crippen LogP contribution < -0.4 is 0 Å². The van der Waals surface area contributed by atoms with Crippen molar-refractivity contribution in [3.8, 4) is 0 Å². The highest BCUT2D eigenvalue weighted by Gasteiger charge is 2.10. The Hall–Kier alpha value is -0.540. The Bertz CT molecular complexity index is 313. The van der Waals surface area contributed by atoms with E-state index in [9.17, 15) is 4.79 Å². The average Bonchev–Trinajstić information content (AvgIpc) is 2.83. The van der Waals surface area contributed by atoms with Gasteiger partial charge in [-0.05, 0) is 37.6 Å². The maximum absolute atomic E-state index is 11.9. The number of hydrogen-bond acceptors (Lipinski definition) is 2. The Morgan fingerprint density at radius 2 is 2.29 bits per heavy atom. The summed E-state index contributed by atoms with van der Waals surface area (Å²) in [7, 11) is 0. The van der Waals surface area contributed by atoms with Gasteiger partial charge in [0, 0.05) is 30.3 Å². The second-order valence-corrected chi connectivity index (χ2v) is 5.36. The number of nitrogens with zero attached hydrogens (tertiary/aromatic N) is 1. The lowest BCUT2D eigenvalue weighted by Crippen LogP contribution is -2.31. The van der Waals surface area contributed by atoms with E-state index in [2.05, 4.69) is 17.5 Å². The van der Waals surface area contributed by atoms with Crippen molar-refractivity contribution < 1.29 is 4.79 Å². The van der Waals surface area contributed by atoms with Crippen LogP contribution in [0.15, 0.2) is 17.5 Å². The van der Waals surface area contributed by atoms with Crippen molar-refractivity contribution in [1.29, 1.82) is 0 Å². The van der Waals surface area contributed by atoms with Gasteiger partial charge in [-0.15, -0.1) is 22.9 Å². The first-order chi connectivity index (χ1) is 8.27. The van der Waals surface area contributed by atoms with Crippen LogP contribution in [0.2, 0.25) is 0 Å². The summed E-state index contributed by atoms with van der Waals surface area (Å²) in [4.78, 5) is 15.2. The lowest BCUT2D eigenvalue weighted by molar-refractivity contribution is -0.131. The van der Waals surface area contributed by atoms with Gasteiger partial charge in [-0.3, -0.25) is 4.79 Å². The molecule has 17 heavy (non-hydrogen) atoms. The number of carbonyl (C=O) groups is 1. The molecule has 0 aliphatic heterocycles. The molecule has 0 unspecified atom stereocenters. The third-order valence-corrected chi connectivity index (χ3v) is 3.89. The molecule has 0 aliphatic carbocycles. The van der Waals surface area contributed by atoms with Gasteiger partial charge < -0.3 is 4.90 Å².